The second kappa shape index (κ2) is 9.12. The molecular weight excluding hydrogens is 474 g/mol. The van der Waals surface area contributed by atoms with E-state index in [-0.39, 0.29) is 17.1 Å². The SMILES string of the molecule is N=C1/C(=C/c2ccc(-c3cccc([N+](=O)[O-])c3)o2)C(=O)N=C2SN=C(SCc3ccccc3)N12. The summed E-state index contributed by atoms with van der Waals surface area (Å²) in [5, 5.41) is 20.6. The van der Waals surface area contributed by atoms with Gasteiger partial charge in [-0.25, -0.2) is 4.90 Å². The van der Waals surface area contributed by atoms with E-state index in [9.17, 15) is 14.9 Å². The molecule has 2 aromatic carbocycles. The quantitative estimate of drug-likeness (QED) is 0.221. The van der Waals surface area contributed by atoms with Crippen LogP contribution in [-0.2, 0) is 10.5 Å². The van der Waals surface area contributed by atoms with Crippen molar-refractivity contribution in [2.45, 2.75) is 5.75 Å². The van der Waals surface area contributed by atoms with Gasteiger partial charge in [0.1, 0.15) is 17.4 Å². The molecule has 0 radical (unpaired) electrons. The number of carbonyl (C=O) groups excluding carboxylic acids is 1. The summed E-state index contributed by atoms with van der Waals surface area (Å²) < 4.78 is 10.2. The van der Waals surface area contributed by atoms with Gasteiger partial charge in [0.25, 0.3) is 11.6 Å². The van der Waals surface area contributed by atoms with E-state index in [0.29, 0.717) is 33.2 Å². The zero-order chi connectivity index (χ0) is 23.7. The van der Waals surface area contributed by atoms with Gasteiger partial charge in [-0.05, 0) is 23.8 Å². The summed E-state index contributed by atoms with van der Waals surface area (Å²) in [6.07, 6.45) is 1.45. The maximum atomic E-state index is 12.6. The first kappa shape index (κ1) is 21.9. The van der Waals surface area contributed by atoms with Crippen molar-refractivity contribution in [3.63, 3.8) is 0 Å². The average molecular weight is 490 g/mol. The van der Waals surface area contributed by atoms with Crippen LogP contribution in [0.25, 0.3) is 17.4 Å². The Morgan fingerprint density at radius 3 is 2.76 bits per heavy atom. The summed E-state index contributed by atoms with van der Waals surface area (Å²) in [7, 11) is 0. The molecule has 34 heavy (non-hydrogen) atoms. The first-order valence-corrected chi connectivity index (χ1v) is 11.8. The molecule has 0 atom stereocenters. The van der Waals surface area contributed by atoms with Crippen molar-refractivity contribution >= 4 is 57.6 Å². The number of nitrogens with one attached hydrogen (secondary N) is 1. The minimum absolute atomic E-state index is 0.0346. The van der Waals surface area contributed by atoms with Crippen LogP contribution in [0, 0.1) is 15.5 Å². The van der Waals surface area contributed by atoms with Crippen LogP contribution in [0.4, 0.5) is 5.69 Å². The summed E-state index contributed by atoms with van der Waals surface area (Å²) in [5.41, 5.74) is 1.67. The summed E-state index contributed by atoms with van der Waals surface area (Å²) >= 11 is 2.52. The van der Waals surface area contributed by atoms with Gasteiger partial charge in [0.05, 0.1) is 22.4 Å². The Bertz CT molecular complexity index is 1410. The van der Waals surface area contributed by atoms with E-state index in [1.165, 1.54) is 30.0 Å². The molecule has 1 N–H and O–H groups in total. The highest BCUT2D eigenvalue weighted by Gasteiger charge is 2.37. The monoisotopic (exact) mass is 489 g/mol. The van der Waals surface area contributed by atoms with Gasteiger partial charge in [0.15, 0.2) is 5.17 Å². The van der Waals surface area contributed by atoms with Gasteiger partial charge >= 0.3 is 0 Å². The smallest absolute Gasteiger partial charge is 0.283 e. The lowest BCUT2D eigenvalue weighted by molar-refractivity contribution is -0.384. The van der Waals surface area contributed by atoms with Crippen LogP contribution >= 0.6 is 23.7 Å². The van der Waals surface area contributed by atoms with Crippen LogP contribution < -0.4 is 0 Å². The van der Waals surface area contributed by atoms with Crippen LogP contribution in [0.5, 0.6) is 0 Å². The third-order valence-electron chi connectivity index (χ3n) is 4.96. The highest BCUT2D eigenvalue weighted by molar-refractivity contribution is 8.18. The molecule has 0 aliphatic carbocycles. The molecular formula is C23H15N5O4S2. The zero-order valence-corrected chi connectivity index (χ0v) is 19.0. The van der Waals surface area contributed by atoms with Crippen LogP contribution in [0.1, 0.15) is 11.3 Å². The summed E-state index contributed by atoms with van der Waals surface area (Å²) in [4.78, 5) is 28.8. The van der Waals surface area contributed by atoms with Gasteiger partial charge in [0.2, 0.25) is 5.17 Å². The van der Waals surface area contributed by atoms with Crippen molar-refractivity contribution in [3.8, 4) is 11.3 Å². The lowest BCUT2D eigenvalue weighted by atomic mass is 10.1. The molecule has 2 aliphatic rings. The molecule has 0 saturated carbocycles. The van der Waals surface area contributed by atoms with Gasteiger partial charge in [-0.15, -0.1) is 0 Å². The number of fused-ring (bicyclic) bond motifs is 1. The number of amidine groups is 3. The number of hydrogen-bond donors (Lipinski definition) is 1. The van der Waals surface area contributed by atoms with E-state index in [0.717, 1.165) is 17.5 Å². The number of amides is 1. The van der Waals surface area contributed by atoms with Gasteiger partial charge in [-0.1, -0.05) is 54.2 Å². The third-order valence-corrected chi connectivity index (χ3v) is 6.79. The third kappa shape index (κ3) is 4.30. The standard InChI is InChI=1S/C23H15N5O4S2/c24-20-18(12-17-9-10-19(32-17)15-7-4-8-16(11-15)28(30)31)21(29)25-22-27(20)23(26-34-22)33-13-14-5-2-1-3-6-14/h1-12,24H,13H2/b18-12-,24-20?. The number of furan rings is 1. The van der Waals surface area contributed by atoms with E-state index < -0.39 is 10.8 Å². The van der Waals surface area contributed by atoms with Crippen LogP contribution in [-0.4, -0.2) is 31.9 Å². The number of non-ortho nitro benzene ring substituents is 1. The fourth-order valence-electron chi connectivity index (χ4n) is 3.32. The van der Waals surface area contributed by atoms with Gasteiger partial charge in [-0.3, -0.25) is 20.3 Å². The fraction of sp³-hybridized carbons (Fsp3) is 0.0435. The fourth-order valence-corrected chi connectivity index (χ4v) is 5.12. The Balaban J connectivity index is 1.38. The Kier molecular flexibility index (Phi) is 5.86. The van der Waals surface area contributed by atoms with Crippen LogP contribution in [0.15, 0.2) is 86.1 Å². The van der Waals surface area contributed by atoms with Crippen molar-refractivity contribution in [1.29, 1.82) is 5.41 Å². The molecule has 2 aliphatic heterocycles. The molecule has 0 unspecified atom stereocenters. The van der Waals surface area contributed by atoms with Gasteiger partial charge < -0.3 is 4.42 Å². The molecule has 3 heterocycles. The van der Waals surface area contributed by atoms with Crippen molar-refractivity contribution in [3.05, 3.63) is 93.7 Å². The molecule has 9 nitrogen and oxygen atoms in total. The molecule has 0 saturated heterocycles. The second-order valence-corrected chi connectivity index (χ2v) is 8.86. The average Bonchev–Trinajstić information content (AvgIpc) is 3.48. The first-order valence-electron chi connectivity index (χ1n) is 10.00. The highest BCUT2D eigenvalue weighted by Crippen LogP contribution is 2.33. The molecule has 168 valence electrons. The Morgan fingerprint density at radius 1 is 1.15 bits per heavy atom. The summed E-state index contributed by atoms with van der Waals surface area (Å²) in [5.74, 6) is 0.811. The van der Waals surface area contributed by atoms with Crippen molar-refractivity contribution in [2.24, 2.45) is 9.39 Å². The van der Waals surface area contributed by atoms with Gasteiger partial charge in [0, 0.05) is 23.4 Å². The highest BCUT2D eigenvalue weighted by atomic mass is 32.2. The molecule has 11 heteroatoms. The Hall–Kier alpha value is -3.96. The number of hydrogen-bond acceptors (Lipinski definition) is 8. The first-order chi connectivity index (χ1) is 16.5. The van der Waals surface area contributed by atoms with E-state index in [2.05, 4.69) is 9.39 Å². The van der Waals surface area contributed by atoms with Crippen molar-refractivity contribution in [2.75, 3.05) is 0 Å². The number of nitro benzene ring substituents is 1. The maximum Gasteiger partial charge on any atom is 0.283 e. The number of rotatable bonds is 5. The second-order valence-electron chi connectivity index (χ2n) is 7.19. The zero-order valence-electron chi connectivity index (χ0n) is 17.4. The topological polar surface area (TPSA) is 125 Å². The normalized spacial score (nSPS) is 16.5. The molecule has 1 amide bonds. The Morgan fingerprint density at radius 2 is 1.97 bits per heavy atom. The van der Waals surface area contributed by atoms with Crippen LogP contribution in [0.2, 0.25) is 0 Å². The lowest BCUT2D eigenvalue weighted by Gasteiger charge is -2.24. The number of benzene rings is 2. The number of nitrogens with zero attached hydrogens (tertiary/aromatic N) is 4. The molecule has 0 fully saturated rings. The maximum absolute atomic E-state index is 12.6. The van der Waals surface area contributed by atoms with E-state index >= 15 is 0 Å². The van der Waals surface area contributed by atoms with Crippen molar-refractivity contribution < 1.29 is 14.1 Å². The minimum Gasteiger partial charge on any atom is -0.457 e. The molecule has 3 aromatic rings. The van der Waals surface area contributed by atoms with E-state index in [1.54, 1.807) is 29.2 Å². The predicted octanol–water partition coefficient (Wildman–Crippen LogP) is 5.36. The summed E-state index contributed by atoms with van der Waals surface area (Å²) in [6, 6.07) is 19.3. The molecule has 5 rings (SSSR count). The molecule has 0 spiro atoms. The van der Waals surface area contributed by atoms with Crippen LogP contribution in [0.3, 0.4) is 0 Å². The van der Waals surface area contributed by atoms with E-state index in [1.807, 2.05) is 30.3 Å². The Labute approximate surface area is 202 Å². The largest absolute Gasteiger partial charge is 0.457 e. The van der Waals surface area contributed by atoms with E-state index in [4.69, 9.17) is 9.83 Å². The lowest BCUT2D eigenvalue weighted by Crippen LogP contribution is -2.41. The predicted molar refractivity (Wildman–Crippen MR) is 134 cm³/mol. The number of thioether (sulfide) groups is 1. The van der Waals surface area contributed by atoms with Crippen molar-refractivity contribution in [1.82, 2.24) is 4.90 Å². The van der Waals surface area contributed by atoms with Gasteiger partial charge in [-0.2, -0.15) is 9.39 Å². The molecule has 0 bridgehead atoms. The number of nitro groups is 1. The molecule has 1 aromatic heterocycles. The number of aliphatic imine (C=N–C) groups is 1. The number of carbonyl (C=O) groups is 1. The minimum atomic E-state index is -0.554. The summed E-state index contributed by atoms with van der Waals surface area (Å²) in [6.45, 7) is 0.